The van der Waals surface area contributed by atoms with Gasteiger partial charge in [0.25, 0.3) is 11.6 Å². The molecule has 0 atom stereocenters. The van der Waals surface area contributed by atoms with Gasteiger partial charge < -0.3 is 10.1 Å². The van der Waals surface area contributed by atoms with Crippen LogP contribution in [0.3, 0.4) is 0 Å². The average Bonchev–Trinajstić information content (AvgIpc) is 2.48. The smallest absolute Gasteiger partial charge is 0.272 e. The summed E-state index contributed by atoms with van der Waals surface area (Å²) >= 11 is 3.33. The van der Waals surface area contributed by atoms with Crippen molar-refractivity contribution in [3.8, 4) is 5.75 Å². The van der Waals surface area contributed by atoms with Crippen LogP contribution in [-0.2, 0) is 4.79 Å². The van der Waals surface area contributed by atoms with E-state index >= 15 is 0 Å². The second-order valence-electron chi connectivity index (χ2n) is 4.69. The number of anilines is 1. The highest BCUT2D eigenvalue weighted by atomic mass is 79.9. The molecule has 0 aromatic heterocycles. The number of aryl methyl sites for hydroxylation is 1. The first-order valence-corrected chi connectivity index (χ1v) is 7.29. The number of rotatable bonds is 5. The van der Waals surface area contributed by atoms with E-state index in [0.29, 0.717) is 10.2 Å². The highest BCUT2D eigenvalue weighted by Gasteiger charge is 2.13. The first kappa shape index (κ1) is 16.9. The Morgan fingerprint density at radius 2 is 2.09 bits per heavy atom. The Morgan fingerprint density at radius 1 is 1.35 bits per heavy atom. The Hall–Kier alpha value is -2.48. The Kier molecular flexibility index (Phi) is 5.28. The van der Waals surface area contributed by atoms with Crippen LogP contribution in [0.2, 0.25) is 0 Å². The van der Waals surface area contributed by atoms with Crippen molar-refractivity contribution in [2.75, 3.05) is 11.9 Å². The summed E-state index contributed by atoms with van der Waals surface area (Å²) in [5.74, 6) is -1.61. The maximum Gasteiger partial charge on any atom is 0.272 e. The number of halogens is 2. The molecule has 6 nitrogen and oxygen atoms in total. The lowest BCUT2D eigenvalue weighted by molar-refractivity contribution is -0.385. The zero-order valence-corrected chi connectivity index (χ0v) is 13.6. The normalized spacial score (nSPS) is 10.2. The number of amides is 1. The lowest BCUT2D eigenvalue weighted by Gasteiger charge is -2.10. The number of carbonyl (C=O) groups excluding carboxylic acids is 1. The van der Waals surface area contributed by atoms with Crippen LogP contribution in [0, 0.1) is 22.9 Å². The van der Waals surface area contributed by atoms with Gasteiger partial charge in [-0.25, -0.2) is 4.39 Å². The van der Waals surface area contributed by atoms with E-state index in [1.54, 1.807) is 6.07 Å². The number of hydrogen-bond donors (Lipinski definition) is 1. The van der Waals surface area contributed by atoms with Crippen LogP contribution < -0.4 is 10.1 Å². The Morgan fingerprint density at radius 3 is 2.70 bits per heavy atom. The predicted molar refractivity (Wildman–Crippen MR) is 86.1 cm³/mol. The fourth-order valence-corrected chi connectivity index (χ4v) is 2.36. The summed E-state index contributed by atoms with van der Waals surface area (Å²) in [7, 11) is 0. The van der Waals surface area contributed by atoms with Crippen molar-refractivity contribution in [2.24, 2.45) is 0 Å². The molecule has 0 bridgehead atoms. The van der Waals surface area contributed by atoms with Crippen LogP contribution in [0.4, 0.5) is 15.8 Å². The molecule has 0 fully saturated rings. The van der Waals surface area contributed by atoms with Gasteiger partial charge in [0.15, 0.2) is 18.2 Å². The number of carbonyl (C=O) groups is 1. The third kappa shape index (κ3) is 4.49. The van der Waals surface area contributed by atoms with Gasteiger partial charge in [0.05, 0.1) is 16.7 Å². The molecule has 2 aromatic rings. The summed E-state index contributed by atoms with van der Waals surface area (Å²) in [6, 6.07) is 8.35. The molecule has 0 saturated carbocycles. The molecular formula is C15H12BrFN2O4. The quantitative estimate of drug-likeness (QED) is 0.629. The third-order valence-electron chi connectivity index (χ3n) is 2.88. The van der Waals surface area contributed by atoms with E-state index in [1.165, 1.54) is 0 Å². The van der Waals surface area contributed by atoms with Crippen LogP contribution in [-0.4, -0.2) is 17.4 Å². The highest BCUT2D eigenvalue weighted by Crippen LogP contribution is 2.24. The molecule has 0 spiro atoms. The summed E-state index contributed by atoms with van der Waals surface area (Å²) in [6.07, 6.45) is 0. The van der Waals surface area contributed by atoms with Gasteiger partial charge in [-0.1, -0.05) is 6.07 Å². The van der Waals surface area contributed by atoms with Gasteiger partial charge in [-0.3, -0.25) is 14.9 Å². The van der Waals surface area contributed by atoms with Gasteiger partial charge in [-0.15, -0.1) is 0 Å². The Bertz CT molecular complexity index is 767. The molecular weight excluding hydrogens is 371 g/mol. The van der Waals surface area contributed by atoms with Crippen molar-refractivity contribution in [3.05, 3.63) is 62.4 Å². The van der Waals surface area contributed by atoms with Gasteiger partial charge in [0.2, 0.25) is 0 Å². The molecule has 0 heterocycles. The molecule has 8 heteroatoms. The second kappa shape index (κ2) is 7.19. The summed E-state index contributed by atoms with van der Waals surface area (Å²) in [5.41, 5.74) is 1.20. The Balaban J connectivity index is 1.98. The SMILES string of the molecule is Cc1ccc(NC(=O)COc2ccc([N+](=O)[O-])cc2F)c(Br)c1. The molecule has 0 radical (unpaired) electrons. The van der Waals surface area contributed by atoms with Crippen LogP contribution >= 0.6 is 15.9 Å². The van der Waals surface area contributed by atoms with Crippen LogP contribution in [0.5, 0.6) is 5.75 Å². The Labute approximate surface area is 139 Å². The fraction of sp³-hybridized carbons (Fsp3) is 0.133. The topological polar surface area (TPSA) is 81.5 Å². The number of benzene rings is 2. The number of nitrogens with one attached hydrogen (secondary N) is 1. The maximum absolute atomic E-state index is 13.6. The van der Waals surface area contributed by atoms with Crippen LogP contribution in [0.1, 0.15) is 5.56 Å². The highest BCUT2D eigenvalue weighted by molar-refractivity contribution is 9.10. The number of ether oxygens (including phenoxy) is 1. The minimum absolute atomic E-state index is 0.228. The predicted octanol–water partition coefficient (Wildman–Crippen LogP) is 3.82. The van der Waals surface area contributed by atoms with Crippen LogP contribution in [0.25, 0.3) is 0 Å². The molecule has 1 N–H and O–H groups in total. The third-order valence-corrected chi connectivity index (χ3v) is 3.54. The lowest BCUT2D eigenvalue weighted by atomic mass is 10.2. The number of nitro groups is 1. The van der Waals surface area contributed by atoms with Crippen molar-refractivity contribution in [3.63, 3.8) is 0 Å². The molecule has 0 saturated heterocycles. The molecule has 0 unspecified atom stereocenters. The molecule has 1 amide bonds. The lowest BCUT2D eigenvalue weighted by Crippen LogP contribution is -2.20. The second-order valence-corrected chi connectivity index (χ2v) is 5.55. The summed E-state index contributed by atoms with van der Waals surface area (Å²) < 4.78 is 19.4. The fourth-order valence-electron chi connectivity index (χ4n) is 1.77. The minimum Gasteiger partial charge on any atom is -0.481 e. The molecule has 2 rings (SSSR count). The van der Waals surface area contributed by atoms with E-state index in [2.05, 4.69) is 21.2 Å². The maximum atomic E-state index is 13.6. The van der Waals surface area contributed by atoms with Gasteiger partial charge in [-0.2, -0.15) is 0 Å². The van der Waals surface area contributed by atoms with E-state index in [0.717, 1.165) is 23.8 Å². The first-order valence-electron chi connectivity index (χ1n) is 6.49. The van der Waals surface area contributed by atoms with E-state index in [4.69, 9.17) is 4.74 Å². The monoisotopic (exact) mass is 382 g/mol. The van der Waals surface area contributed by atoms with Gasteiger partial charge in [0, 0.05) is 10.5 Å². The number of nitrogens with zero attached hydrogens (tertiary/aromatic N) is 1. The largest absolute Gasteiger partial charge is 0.481 e. The van der Waals surface area contributed by atoms with Gasteiger partial charge in [-0.05, 0) is 46.6 Å². The molecule has 0 aliphatic carbocycles. The van der Waals surface area contributed by atoms with Crippen molar-refractivity contribution in [2.45, 2.75) is 6.92 Å². The van der Waals surface area contributed by atoms with Crippen molar-refractivity contribution >= 4 is 33.2 Å². The summed E-state index contributed by atoms with van der Waals surface area (Å²) in [5, 5.41) is 13.1. The standard InChI is InChI=1S/C15H12BrFN2O4/c1-9-2-4-13(11(16)6-9)18-15(20)8-23-14-5-3-10(19(21)22)7-12(14)17/h2-7H,8H2,1H3,(H,18,20). The first-order chi connectivity index (χ1) is 10.9. The number of non-ortho nitro benzene ring substituents is 1. The molecule has 2 aromatic carbocycles. The molecule has 23 heavy (non-hydrogen) atoms. The van der Waals surface area contributed by atoms with E-state index in [1.807, 2.05) is 19.1 Å². The van der Waals surface area contributed by atoms with E-state index in [9.17, 15) is 19.3 Å². The van der Waals surface area contributed by atoms with Crippen molar-refractivity contribution in [1.29, 1.82) is 0 Å². The van der Waals surface area contributed by atoms with Gasteiger partial charge >= 0.3 is 0 Å². The zero-order chi connectivity index (χ0) is 17.0. The van der Waals surface area contributed by atoms with Crippen molar-refractivity contribution < 1.29 is 18.8 Å². The van der Waals surface area contributed by atoms with Crippen LogP contribution in [0.15, 0.2) is 40.9 Å². The average molecular weight is 383 g/mol. The number of nitro benzene ring substituents is 1. The molecule has 0 aliphatic heterocycles. The van der Waals surface area contributed by atoms with E-state index < -0.39 is 23.3 Å². The molecule has 0 aliphatic rings. The molecule has 120 valence electrons. The number of hydrogen-bond acceptors (Lipinski definition) is 4. The van der Waals surface area contributed by atoms with E-state index in [-0.39, 0.29) is 11.4 Å². The van der Waals surface area contributed by atoms with Gasteiger partial charge in [0.1, 0.15) is 0 Å². The summed E-state index contributed by atoms with van der Waals surface area (Å²) in [4.78, 5) is 21.6. The summed E-state index contributed by atoms with van der Waals surface area (Å²) in [6.45, 7) is 1.49. The zero-order valence-electron chi connectivity index (χ0n) is 12.0. The van der Waals surface area contributed by atoms with Crippen molar-refractivity contribution in [1.82, 2.24) is 0 Å². The minimum atomic E-state index is -0.900.